The molecule has 0 spiro atoms. The highest BCUT2D eigenvalue weighted by Crippen LogP contribution is 2.15. The Hall–Kier alpha value is -0.980. The summed E-state index contributed by atoms with van der Waals surface area (Å²) < 4.78 is 14.8. The van der Waals surface area contributed by atoms with Gasteiger partial charge in [-0.15, -0.1) is 0 Å². The quantitative estimate of drug-likeness (QED) is 0.807. The Morgan fingerprint density at radius 3 is 2.69 bits per heavy atom. The van der Waals surface area contributed by atoms with Crippen LogP contribution in [0.5, 0.6) is 0 Å². The van der Waals surface area contributed by atoms with Gasteiger partial charge in [-0.1, -0.05) is 12.1 Å². The van der Waals surface area contributed by atoms with Crippen LogP contribution in [0.2, 0.25) is 0 Å². The summed E-state index contributed by atoms with van der Waals surface area (Å²) in [6.07, 6.45) is 2.12. The largest absolute Gasteiger partial charge is 0.252 e. The third-order valence-corrected chi connectivity index (χ3v) is 2.88. The second-order valence-electron chi connectivity index (χ2n) is 3.38. The van der Waals surface area contributed by atoms with Crippen LogP contribution < -0.4 is 0 Å². The first-order valence-electron chi connectivity index (χ1n) is 5.01. The lowest BCUT2D eigenvalue weighted by atomic mass is 10.2. The van der Waals surface area contributed by atoms with Crippen LogP contribution in [0.1, 0.15) is 6.42 Å². The number of alkyl halides is 1. The third-order valence-electron chi connectivity index (χ3n) is 2.16. The number of rotatable bonds is 4. The molecule has 0 radical (unpaired) electrons. The van der Waals surface area contributed by atoms with E-state index in [1.807, 2.05) is 24.3 Å². The molecule has 0 bridgehead atoms. The molecule has 0 amide bonds. The first kappa shape index (κ1) is 11.5. The number of aromatic nitrogens is 3. The maximum atomic E-state index is 12.0. The zero-order chi connectivity index (χ0) is 11.4. The van der Waals surface area contributed by atoms with E-state index in [0.717, 1.165) is 5.56 Å². The molecule has 5 heteroatoms. The van der Waals surface area contributed by atoms with Gasteiger partial charge in [0.2, 0.25) is 0 Å². The topological polar surface area (TPSA) is 30.7 Å². The second kappa shape index (κ2) is 5.38. The van der Waals surface area contributed by atoms with Gasteiger partial charge in [0.15, 0.2) is 5.82 Å². The van der Waals surface area contributed by atoms with E-state index >= 15 is 0 Å². The Kier molecular flexibility index (Phi) is 3.87. The van der Waals surface area contributed by atoms with Crippen LogP contribution in [-0.2, 0) is 6.54 Å². The van der Waals surface area contributed by atoms with Crippen molar-refractivity contribution in [3.63, 3.8) is 0 Å². The number of benzene rings is 1. The fourth-order valence-corrected chi connectivity index (χ4v) is 1.71. The minimum Gasteiger partial charge on any atom is -0.252 e. The van der Waals surface area contributed by atoms with Crippen molar-refractivity contribution in [3.05, 3.63) is 34.2 Å². The van der Waals surface area contributed by atoms with Gasteiger partial charge in [-0.3, -0.25) is 9.07 Å². The van der Waals surface area contributed by atoms with Gasteiger partial charge in [0.1, 0.15) is 6.33 Å². The van der Waals surface area contributed by atoms with E-state index in [1.165, 1.54) is 3.57 Å². The zero-order valence-corrected chi connectivity index (χ0v) is 10.8. The van der Waals surface area contributed by atoms with Crippen molar-refractivity contribution in [3.8, 4) is 11.4 Å². The molecule has 3 nitrogen and oxygen atoms in total. The summed E-state index contributed by atoms with van der Waals surface area (Å²) >= 11 is 2.25. The highest BCUT2D eigenvalue weighted by Gasteiger charge is 2.03. The van der Waals surface area contributed by atoms with Gasteiger partial charge in [-0.05, 0) is 41.1 Å². The fraction of sp³-hybridized carbons (Fsp3) is 0.273. The van der Waals surface area contributed by atoms with Gasteiger partial charge < -0.3 is 0 Å². The number of halogens is 2. The van der Waals surface area contributed by atoms with E-state index < -0.39 is 0 Å². The summed E-state index contributed by atoms with van der Waals surface area (Å²) in [4.78, 5) is 4.20. The third kappa shape index (κ3) is 2.78. The maximum Gasteiger partial charge on any atom is 0.181 e. The van der Waals surface area contributed by atoms with E-state index in [1.54, 1.807) is 11.0 Å². The van der Waals surface area contributed by atoms with E-state index in [4.69, 9.17) is 0 Å². The zero-order valence-electron chi connectivity index (χ0n) is 8.61. The van der Waals surface area contributed by atoms with Crippen LogP contribution >= 0.6 is 22.6 Å². The minimum atomic E-state index is -0.321. The maximum absolute atomic E-state index is 12.0. The molecule has 0 saturated carbocycles. The van der Waals surface area contributed by atoms with Crippen molar-refractivity contribution in [1.29, 1.82) is 0 Å². The van der Waals surface area contributed by atoms with Gasteiger partial charge in [0.05, 0.1) is 6.67 Å². The molecule has 2 aromatic rings. The predicted octanol–water partition coefficient (Wildman–Crippen LogP) is 2.91. The number of aryl methyl sites for hydroxylation is 1. The minimum absolute atomic E-state index is 0.321. The molecule has 1 aromatic heterocycles. The average molecular weight is 331 g/mol. The van der Waals surface area contributed by atoms with Crippen molar-refractivity contribution in [2.75, 3.05) is 6.67 Å². The number of hydrogen-bond acceptors (Lipinski definition) is 2. The van der Waals surface area contributed by atoms with Crippen LogP contribution in [0.25, 0.3) is 11.4 Å². The van der Waals surface area contributed by atoms with Crippen LogP contribution in [-0.4, -0.2) is 21.4 Å². The molecular weight excluding hydrogens is 320 g/mol. The molecule has 0 unspecified atom stereocenters. The summed E-state index contributed by atoms with van der Waals surface area (Å²) in [7, 11) is 0. The lowest BCUT2D eigenvalue weighted by molar-refractivity contribution is 0.434. The van der Waals surface area contributed by atoms with Crippen LogP contribution in [0.4, 0.5) is 4.39 Å². The molecule has 16 heavy (non-hydrogen) atoms. The first-order valence-corrected chi connectivity index (χ1v) is 6.09. The monoisotopic (exact) mass is 331 g/mol. The Bertz CT molecular complexity index is 453. The predicted molar refractivity (Wildman–Crippen MR) is 68.8 cm³/mol. The molecule has 0 atom stereocenters. The lowest BCUT2D eigenvalue weighted by Gasteiger charge is -1.97. The van der Waals surface area contributed by atoms with Crippen molar-refractivity contribution in [2.24, 2.45) is 0 Å². The van der Waals surface area contributed by atoms with Crippen molar-refractivity contribution in [2.45, 2.75) is 13.0 Å². The molecule has 1 heterocycles. The van der Waals surface area contributed by atoms with Gasteiger partial charge in [0.25, 0.3) is 0 Å². The van der Waals surface area contributed by atoms with Crippen molar-refractivity contribution < 1.29 is 4.39 Å². The molecule has 0 saturated heterocycles. The van der Waals surface area contributed by atoms with Gasteiger partial charge in [-0.2, -0.15) is 5.10 Å². The SMILES string of the molecule is FCCCn1cnc(-c2ccc(I)cc2)n1. The average Bonchev–Trinajstić information content (AvgIpc) is 2.76. The lowest BCUT2D eigenvalue weighted by Crippen LogP contribution is -1.99. The van der Waals surface area contributed by atoms with E-state index in [0.29, 0.717) is 18.8 Å². The Morgan fingerprint density at radius 1 is 1.25 bits per heavy atom. The molecular formula is C11H11FIN3. The van der Waals surface area contributed by atoms with Crippen LogP contribution in [0.15, 0.2) is 30.6 Å². The van der Waals surface area contributed by atoms with Gasteiger partial charge in [0, 0.05) is 15.7 Å². The second-order valence-corrected chi connectivity index (χ2v) is 4.63. The standard InChI is InChI=1S/C11H11FIN3/c12-6-1-7-16-8-14-11(15-16)9-2-4-10(13)5-3-9/h2-5,8H,1,6-7H2. The molecule has 0 aliphatic heterocycles. The van der Waals surface area contributed by atoms with Crippen LogP contribution in [0.3, 0.4) is 0 Å². The first-order chi connectivity index (χ1) is 7.79. The highest BCUT2D eigenvalue weighted by atomic mass is 127. The Morgan fingerprint density at radius 2 is 2.00 bits per heavy atom. The summed E-state index contributed by atoms with van der Waals surface area (Å²) in [5.74, 6) is 0.690. The molecule has 0 N–H and O–H groups in total. The van der Waals surface area contributed by atoms with Crippen molar-refractivity contribution in [1.82, 2.24) is 14.8 Å². The van der Waals surface area contributed by atoms with E-state index in [2.05, 4.69) is 32.7 Å². The smallest absolute Gasteiger partial charge is 0.181 e. The molecule has 84 valence electrons. The highest BCUT2D eigenvalue weighted by molar-refractivity contribution is 14.1. The Balaban J connectivity index is 2.15. The van der Waals surface area contributed by atoms with Gasteiger partial charge in [-0.25, -0.2) is 4.98 Å². The van der Waals surface area contributed by atoms with Gasteiger partial charge >= 0.3 is 0 Å². The number of nitrogens with zero attached hydrogens (tertiary/aromatic N) is 3. The van der Waals surface area contributed by atoms with Crippen molar-refractivity contribution >= 4 is 22.6 Å². The summed E-state index contributed by atoms with van der Waals surface area (Å²) in [5.41, 5.74) is 0.986. The van der Waals surface area contributed by atoms with E-state index in [9.17, 15) is 4.39 Å². The number of hydrogen-bond donors (Lipinski definition) is 0. The Labute approximate surface area is 107 Å². The molecule has 0 aliphatic carbocycles. The van der Waals surface area contributed by atoms with Crippen LogP contribution in [0, 0.1) is 3.57 Å². The molecule has 2 rings (SSSR count). The summed E-state index contributed by atoms with van der Waals surface area (Å²) in [5, 5.41) is 4.28. The fourth-order valence-electron chi connectivity index (χ4n) is 1.36. The normalized spacial score (nSPS) is 10.6. The molecule has 0 fully saturated rings. The summed E-state index contributed by atoms with van der Waals surface area (Å²) in [6.45, 7) is 0.257. The molecule has 0 aliphatic rings. The molecule has 1 aromatic carbocycles. The van der Waals surface area contributed by atoms with E-state index in [-0.39, 0.29) is 6.67 Å². The summed E-state index contributed by atoms with van der Waals surface area (Å²) in [6, 6.07) is 7.99.